The molecular weight excluding hydrogens is 222 g/mol. The molecule has 0 atom stereocenters. The summed E-state index contributed by atoms with van der Waals surface area (Å²) in [7, 11) is 0. The van der Waals surface area contributed by atoms with Crippen LogP contribution in [0.15, 0.2) is 30.6 Å². The van der Waals surface area contributed by atoms with E-state index >= 15 is 0 Å². The van der Waals surface area contributed by atoms with Crippen LogP contribution in [0, 0.1) is 0 Å². The molecular formula is C8H10BrNO2. The molecule has 0 N–H and O–H groups in total. The van der Waals surface area contributed by atoms with E-state index in [1.807, 2.05) is 35.2 Å². The predicted octanol–water partition coefficient (Wildman–Crippen LogP) is -2.52. The molecule has 0 aliphatic carbocycles. The fourth-order valence-electron chi connectivity index (χ4n) is 1.07. The Kier molecular flexibility index (Phi) is 3.65. The minimum absolute atomic E-state index is 0. The Morgan fingerprint density at radius 3 is 2.17 bits per heavy atom. The fourth-order valence-corrected chi connectivity index (χ4v) is 1.07. The summed E-state index contributed by atoms with van der Waals surface area (Å²) in [5.41, 5.74) is 0. The van der Waals surface area contributed by atoms with Gasteiger partial charge in [-0.1, -0.05) is 6.07 Å². The first kappa shape index (κ1) is 9.64. The molecule has 3 nitrogen and oxygen atoms in total. The van der Waals surface area contributed by atoms with Gasteiger partial charge < -0.3 is 17.0 Å². The van der Waals surface area contributed by atoms with Gasteiger partial charge in [-0.3, -0.25) is 9.47 Å². The second-order valence-electron chi connectivity index (χ2n) is 2.37. The summed E-state index contributed by atoms with van der Waals surface area (Å²) in [6, 6.07) is 5.86. The third-order valence-electron chi connectivity index (χ3n) is 1.59. The van der Waals surface area contributed by atoms with Crippen LogP contribution < -0.4 is 21.5 Å². The summed E-state index contributed by atoms with van der Waals surface area (Å²) < 4.78 is 12.5. The Morgan fingerprint density at radius 1 is 1.00 bits per heavy atom. The Bertz CT molecular complexity index is 224. The number of rotatable bonds is 1. The highest BCUT2D eigenvalue weighted by molar-refractivity contribution is 4.83. The van der Waals surface area contributed by atoms with Crippen LogP contribution >= 0.6 is 0 Å². The van der Waals surface area contributed by atoms with Gasteiger partial charge in [-0.25, -0.2) is 0 Å². The number of ether oxygens (including phenoxy) is 2. The van der Waals surface area contributed by atoms with Crippen molar-refractivity contribution in [1.82, 2.24) is 0 Å². The van der Waals surface area contributed by atoms with Gasteiger partial charge in [0.1, 0.15) is 0 Å². The summed E-state index contributed by atoms with van der Waals surface area (Å²) in [5, 5.41) is 0. The molecule has 12 heavy (non-hydrogen) atoms. The van der Waals surface area contributed by atoms with Gasteiger partial charge in [-0.15, -0.1) is 0 Å². The smallest absolute Gasteiger partial charge is 0.381 e. The van der Waals surface area contributed by atoms with Crippen LogP contribution in [0.2, 0.25) is 0 Å². The predicted molar refractivity (Wildman–Crippen MR) is 37.6 cm³/mol. The van der Waals surface area contributed by atoms with E-state index in [0.29, 0.717) is 13.2 Å². The summed E-state index contributed by atoms with van der Waals surface area (Å²) in [6.07, 6.45) is 3.64. The average Bonchev–Trinajstić information content (AvgIpc) is 2.58. The van der Waals surface area contributed by atoms with Crippen molar-refractivity contribution >= 4 is 0 Å². The molecule has 0 aromatic carbocycles. The zero-order valence-electron chi connectivity index (χ0n) is 6.52. The number of aromatic nitrogens is 1. The lowest BCUT2D eigenvalue weighted by Crippen LogP contribution is -3.00. The van der Waals surface area contributed by atoms with Gasteiger partial charge in [-0.05, 0) is 0 Å². The molecule has 1 aliphatic heterocycles. The lowest BCUT2D eigenvalue weighted by Gasteiger charge is -2.00. The van der Waals surface area contributed by atoms with Crippen molar-refractivity contribution in [1.29, 1.82) is 0 Å². The summed E-state index contributed by atoms with van der Waals surface area (Å²) >= 11 is 0. The van der Waals surface area contributed by atoms with E-state index in [-0.39, 0.29) is 23.4 Å². The van der Waals surface area contributed by atoms with E-state index in [1.165, 1.54) is 0 Å². The van der Waals surface area contributed by atoms with Crippen LogP contribution in [0.25, 0.3) is 0 Å². The highest BCUT2D eigenvalue weighted by Gasteiger charge is 2.23. The minimum atomic E-state index is -0.212. The molecule has 0 amide bonds. The second kappa shape index (κ2) is 4.54. The third kappa shape index (κ3) is 2.03. The van der Waals surface area contributed by atoms with Crippen molar-refractivity contribution < 1.29 is 31.0 Å². The maximum Gasteiger partial charge on any atom is 0.381 e. The van der Waals surface area contributed by atoms with Crippen molar-refractivity contribution in [2.45, 2.75) is 6.41 Å². The van der Waals surface area contributed by atoms with Gasteiger partial charge in [-0.2, -0.15) is 4.57 Å². The number of nitrogens with zero attached hydrogens (tertiary/aromatic N) is 1. The molecule has 1 aromatic heterocycles. The van der Waals surface area contributed by atoms with Crippen LogP contribution in [-0.4, -0.2) is 13.2 Å². The van der Waals surface area contributed by atoms with Crippen LogP contribution in [0.4, 0.5) is 0 Å². The van der Waals surface area contributed by atoms with E-state index in [2.05, 4.69) is 0 Å². The molecule has 1 aliphatic rings. The van der Waals surface area contributed by atoms with Crippen molar-refractivity contribution in [2.75, 3.05) is 13.2 Å². The van der Waals surface area contributed by atoms with Crippen LogP contribution in [-0.2, 0) is 9.47 Å². The van der Waals surface area contributed by atoms with Crippen LogP contribution in [0.3, 0.4) is 0 Å². The largest absolute Gasteiger partial charge is 1.00 e. The first-order valence-electron chi connectivity index (χ1n) is 3.66. The van der Waals surface area contributed by atoms with E-state index < -0.39 is 0 Å². The summed E-state index contributed by atoms with van der Waals surface area (Å²) in [5.74, 6) is 0. The van der Waals surface area contributed by atoms with Gasteiger partial charge in [0.2, 0.25) is 0 Å². The third-order valence-corrected chi connectivity index (χ3v) is 1.59. The second-order valence-corrected chi connectivity index (χ2v) is 2.37. The molecule has 0 saturated carbocycles. The van der Waals surface area contributed by atoms with E-state index in [0.717, 1.165) is 0 Å². The normalized spacial score (nSPS) is 17.3. The zero-order chi connectivity index (χ0) is 7.52. The molecule has 1 saturated heterocycles. The molecule has 2 rings (SSSR count). The summed E-state index contributed by atoms with van der Waals surface area (Å²) in [6.45, 7) is 1.37. The molecule has 0 radical (unpaired) electrons. The topological polar surface area (TPSA) is 22.3 Å². The highest BCUT2D eigenvalue weighted by atomic mass is 79.9. The maximum absolute atomic E-state index is 5.28. The van der Waals surface area contributed by atoms with E-state index in [9.17, 15) is 0 Å². The molecule has 0 spiro atoms. The van der Waals surface area contributed by atoms with Crippen molar-refractivity contribution in [3.8, 4) is 0 Å². The number of halogens is 1. The summed E-state index contributed by atoms with van der Waals surface area (Å²) in [4.78, 5) is 0. The van der Waals surface area contributed by atoms with Crippen molar-refractivity contribution in [2.24, 2.45) is 0 Å². The highest BCUT2D eigenvalue weighted by Crippen LogP contribution is 2.07. The lowest BCUT2D eigenvalue weighted by molar-refractivity contribution is -0.795. The van der Waals surface area contributed by atoms with E-state index in [4.69, 9.17) is 9.47 Å². The van der Waals surface area contributed by atoms with Crippen molar-refractivity contribution in [3.63, 3.8) is 0 Å². The standard InChI is InChI=1S/C8H10NO2.BrH/c1-2-4-9(5-3-1)8-10-6-7-11-8;/h1-5,8H,6-7H2;1H/q+1;/p-1. The number of hydrogen-bond acceptors (Lipinski definition) is 2. The number of hydrogen-bond donors (Lipinski definition) is 0. The van der Waals surface area contributed by atoms with E-state index in [1.54, 1.807) is 0 Å². The van der Waals surface area contributed by atoms with Crippen LogP contribution in [0.5, 0.6) is 0 Å². The van der Waals surface area contributed by atoms with Crippen LogP contribution in [0.1, 0.15) is 6.41 Å². The molecule has 2 heterocycles. The monoisotopic (exact) mass is 231 g/mol. The van der Waals surface area contributed by atoms with Gasteiger partial charge in [0.25, 0.3) is 0 Å². The van der Waals surface area contributed by atoms with Gasteiger partial charge >= 0.3 is 6.41 Å². The molecule has 0 unspecified atom stereocenters. The zero-order valence-corrected chi connectivity index (χ0v) is 8.11. The molecule has 1 aromatic rings. The lowest BCUT2D eigenvalue weighted by atomic mass is 10.5. The van der Waals surface area contributed by atoms with Gasteiger partial charge in [0.15, 0.2) is 12.4 Å². The maximum atomic E-state index is 5.28. The Morgan fingerprint density at radius 2 is 1.58 bits per heavy atom. The Hall–Kier alpha value is -0.450. The molecule has 66 valence electrons. The molecule has 4 heteroatoms. The first-order chi connectivity index (χ1) is 5.47. The van der Waals surface area contributed by atoms with Gasteiger partial charge in [0.05, 0.1) is 13.2 Å². The Labute approximate surface area is 81.7 Å². The van der Waals surface area contributed by atoms with Gasteiger partial charge in [0, 0.05) is 12.1 Å². The van der Waals surface area contributed by atoms with Crippen molar-refractivity contribution in [3.05, 3.63) is 30.6 Å². The quantitative estimate of drug-likeness (QED) is 0.499. The SMILES string of the molecule is [Br-].c1cc[n+](C2OCCO2)cc1. The fraction of sp³-hybridized carbons (Fsp3) is 0.375. The minimum Gasteiger partial charge on any atom is -1.00 e. The molecule has 0 bridgehead atoms. The Balaban J connectivity index is 0.000000720. The average molecular weight is 232 g/mol. The number of pyridine rings is 1. The first-order valence-corrected chi connectivity index (χ1v) is 3.66. The molecule has 1 fully saturated rings.